The van der Waals surface area contributed by atoms with Crippen molar-refractivity contribution in [2.24, 2.45) is 0 Å². The first-order chi connectivity index (χ1) is 10.1. The number of ether oxygens (including phenoxy) is 1. The Bertz CT molecular complexity index is 656. The summed E-state index contributed by atoms with van der Waals surface area (Å²) in [5.74, 6) is -0.221. The second-order valence-electron chi connectivity index (χ2n) is 4.19. The third-order valence-electron chi connectivity index (χ3n) is 2.72. The fourth-order valence-corrected chi connectivity index (χ4v) is 1.93. The Kier molecular flexibility index (Phi) is 4.73. The zero-order valence-electron chi connectivity index (χ0n) is 11.3. The molecule has 0 saturated heterocycles. The van der Waals surface area contributed by atoms with Crippen LogP contribution in [0, 0.1) is 0 Å². The summed E-state index contributed by atoms with van der Waals surface area (Å²) >= 11 is 5.19. The molecule has 0 aliphatic carbocycles. The average molecular weight is 302 g/mol. The standard InChI is InChI=1S/C15H14N2O3S/c1-20-13-7-5-11(6-8-13)16-15(21)17-12-4-2-3-10(9-12)14(18)19/h2-9H,1H3,(H,18,19)(H2,16,17,21). The fraction of sp³-hybridized carbons (Fsp3) is 0.0667. The normalized spacial score (nSPS) is 9.76. The van der Waals surface area contributed by atoms with E-state index in [1.54, 1.807) is 19.2 Å². The minimum Gasteiger partial charge on any atom is -0.497 e. The van der Waals surface area contributed by atoms with Crippen molar-refractivity contribution >= 4 is 34.7 Å². The van der Waals surface area contributed by atoms with Gasteiger partial charge in [-0.2, -0.15) is 0 Å². The molecule has 21 heavy (non-hydrogen) atoms. The molecule has 0 aliphatic heterocycles. The Labute approximate surface area is 127 Å². The number of rotatable bonds is 4. The number of anilines is 2. The minimum absolute atomic E-state index is 0.201. The van der Waals surface area contributed by atoms with E-state index in [1.807, 2.05) is 24.3 Å². The molecular formula is C15H14N2O3S. The van der Waals surface area contributed by atoms with Gasteiger partial charge in [-0.25, -0.2) is 4.79 Å². The van der Waals surface area contributed by atoms with Crippen molar-refractivity contribution in [3.05, 3.63) is 54.1 Å². The Balaban J connectivity index is 2.00. The highest BCUT2D eigenvalue weighted by Crippen LogP contribution is 2.16. The monoisotopic (exact) mass is 302 g/mol. The van der Waals surface area contributed by atoms with Gasteiger partial charge in [0, 0.05) is 11.4 Å². The molecule has 0 atom stereocenters. The number of carboxylic acid groups (broad SMARTS) is 1. The second-order valence-corrected chi connectivity index (χ2v) is 4.60. The smallest absolute Gasteiger partial charge is 0.335 e. The van der Waals surface area contributed by atoms with Crippen LogP contribution in [0.4, 0.5) is 11.4 Å². The van der Waals surface area contributed by atoms with E-state index in [9.17, 15) is 4.79 Å². The van der Waals surface area contributed by atoms with Crippen LogP contribution in [0.3, 0.4) is 0 Å². The summed E-state index contributed by atoms with van der Waals surface area (Å²) < 4.78 is 5.07. The van der Waals surface area contributed by atoms with Gasteiger partial charge in [-0.15, -0.1) is 0 Å². The van der Waals surface area contributed by atoms with Crippen molar-refractivity contribution in [1.29, 1.82) is 0 Å². The Morgan fingerprint density at radius 1 is 1.10 bits per heavy atom. The van der Waals surface area contributed by atoms with Gasteiger partial charge in [0.1, 0.15) is 5.75 Å². The van der Waals surface area contributed by atoms with Crippen LogP contribution in [0.15, 0.2) is 48.5 Å². The molecule has 0 aromatic heterocycles. The second kappa shape index (κ2) is 6.71. The van der Waals surface area contributed by atoms with E-state index in [0.29, 0.717) is 10.8 Å². The molecule has 2 rings (SSSR count). The maximum atomic E-state index is 10.9. The number of hydrogen-bond acceptors (Lipinski definition) is 3. The first-order valence-electron chi connectivity index (χ1n) is 6.14. The van der Waals surface area contributed by atoms with E-state index in [2.05, 4.69) is 10.6 Å². The van der Waals surface area contributed by atoms with Crippen molar-refractivity contribution in [3.8, 4) is 5.75 Å². The zero-order valence-corrected chi connectivity index (χ0v) is 12.1. The molecule has 0 radical (unpaired) electrons. The van der Waals surface area contributed by atoms with Crippen LogP contribution in [0.1, 0.15) is 10.4 Å². The van der Waals surface area contributed by atoms with Gasteiger partial charge in [-0.3, -0.25) is 0 Å². The maximum absolute atomic E-state index is 10.9. The largest absolute Gasteiger partial charge is 0.497 e. The number of thiocarbonyl (C=S) groups is 1. The predicted molar refractivity (Wildman–Crippen MR) is 86.2 cm³/mol. The molecule has 0 unspecified atom stereocenters. The number of hydrogen-bond donors (Lipinski definition) is 3. The van der Waals surface area contributed by atoms with Gasteiger partial charge < -0.3 is 20.5 Å². The molecule has 5 nitrogen and oxygen atoms in total. The summed E-state index contributed by atoms with van der Waals surface area (Å²) in [6.07, 6.45) is 0. The summed E-state index contributed by atoms with van der Waals surface area (Å²) in [4.78, 5) is 10.9. The van der Waals surface area contributed by atoms with Crippen LogP contribution < -0.4 is 15.4 Å². The topological polar surface area (TPSA) is 70.6 Å². The molecule has 108 valence electrons. The number of benzene rings is 2. The van der Waals surface area contributed by atoms with Crippen molar-refractivity contribution in [3.63, 3.8) is 0 Å². The Morgan fingerprint density at radius 3 is 2.38 bits per heavy atom. The summed E-state index contributed by atoms with van der Waals surface area (Å²) in [5, 5.41) is 15.3. The summed E-state index contributed by atoms with van der Waals surface area (Å²) in [7, 11) is 1.60. The van der Waals surface area contributed by atoms with Gasteiger partial charge in [-0.05, 0) is 54.7 Å². The molecule has 0 spiro atoms. The van der Waals surface area contributed by atoms with Crippen LogP contribution >= 0.6 is 12.2 Å². The number of nitrogens with one attached hydrogen (secondary N) is 2. The van der Waals surface area contributed by atoms with E-state index >= 15 is 0 Å². The molecule has 2 aromatic carbocycles. The number of methoxy groups -OCH3 is 1. The molecule has 0 fully saturated rings. The van der Waals surface area contributed by atoms with E-state index in [4.69, 9.17) is 22.1 Å². The van der Waals surface area contributed by atoms with Crippen LogP contribution in [-0.2, 0) is 0 Å². The van der Waals surface area contributed by atoms with E-state index in [-0.39, 0.29) is 5.56 Å². The molecule has 6 heteroatoms. The van der Waals surface area contributed by atoms with Gasteiger partial charge in [0.25, 0.3) is 0 Å². The average Bonchev–Trinajstić information content (AvgIpc) is 2.48. The number of carboxylic acids is 1. The van der Waals surface area contributed by atoms with E-state index < -0.39 is 5.97 Å². The lowest BCUT2D eigenvalue weighted by molar-refractivity contribution is 0.0697. The summed E-state index contributed by atoms with van der Waals surface area (Å²) in [6, 6.07) is 13.7. The molecule has 0 aliphatic rings. The SMILES string of the molecule is COc1ccc(NC(=S)Nc2cccc(C(=O)O)c2)cc1. The quantitative estimate of drug-likeness (QED) is 0.753. The lowest BCUT2D eigenvalue weighted by atomic mass is 10.2. The maximum Gasteiger partial charge on any atom is 0.335 e. The third kappa shape index (κ3) is 4.19. The highest BCUT2D eigenvalue weighted by molar-refractivity contribution is 7.80. The number of aromatic carboxylic acids is 1. The highest BCUT2D eigenvalue weighted by Gasteiger charge is 2.04. The predicted octanol–water partition coefficient (Wildman–Crippen LogP) is 3.20. The molecule has 0 heterocycles. The van der Waals surface area contributed by atoms with Crippen molar-refractivity contribution in [2.75, 3.05) is 17.7 Å². The first kappa shape index (κ1) is 14.8. The Hall–Kier alpha value is -2.60. The molecule has 0 amide bonds. The van der Waals surface area contributed by atoms with Gasteiger partial charge in [0.2, 0.25) is 0 Å². The van der Waals surface area contributed by atoms with Crippen LogP contribution in [-0.4, -0.2) is 23.3 Å². The van der Waals surface area contributed by atoms with E-state index in [0.717, 1.165) is 11.4 Å². The molecule has 3 N–H and O–H groups in total. The van der Waals surface area contributed by atoms with Crippen molar-refractivity contribution in [1.82, 2.24) is 0 Å². The van der Waals surface area contributed by atoms with E-state index in [1.165, 1.54) is 12.1 Å². The number of carbonyl (C=O) groups is 1. The molecular weight excluding hydrogens is 288 g/mol. The minimum atomic E-state index is -0.979. The fourth-order valence-electron chi connectivity index (χ4n) is 1.70. The molecule has 2 aromatic rings. The Morgan fingerprint density at radius 2 is 1.76 bits per heavy atom. The lowest BCUT2D eigenvalue weighted by Crippen LogP contribution is -2.19. The summed E-state index contributed by atoms with van der Waals surface area (Å²) in [5.41, 5.74) is 1.62. The first-order valence-corrected chi connectivity index (χ1v) is 6.55. The van der Waals surface area contributed by atoms with Gasteiger partial charge >= 0.3 is 5.97 Å². The van der Waals surface area contributed by atoms with Gasteiger partial charge in [0.15, 0.2) is 5.11 Å². The third-order valence-corrected chi connectivity index (χ3v) is 2.92. The molecule has 0 saturated carbocycles. The lowest BCUT2D eigenvalue weighted by Gasteiger charge is -2.11. The molecule has 0 bridgehead atoms. The zero-order chi connectivity index (χ0) is 15.2. The van der Waals surface area contributed by atoms with Crippen molar-refractivity contribution < 1.29 is 14.6 Å². The van der Waals surface area contributed by atoms with Crippen LogP contribution in [0.2, 0.25) is 0 Å². The summed E-state index contributed by atoms with van der Waals surface area (Å²) in [6.45, 7) is 0. The van der Waals surface area contributed by atoms with Crippen molar-refractivity contribution in [2.45, 2.75) is 0 Å². The van der Waals surface area contributed by atoms with Crippen LogP contribution in [0.5, 0.6) is 5.75 Å². The van der Waals surface area contributed by atoms with Gasteiger partial charge in [0.05, 0.1) is 12.7 Å². The highest BCUT2D eigenvalue weighted by atomic mass is 32.1. The van der Waals surface area contributed by atoms with Crippen LogP contribution in [0.25, 0.3) is 0 Å². The van der Waals surface area contributed by atoms with Gasteiger partial charge in [-0.1, -0.05) is 6.07 Å².